The van der Waals surface area contributed by atoms with Crippen molar-refractivity contribution in [3.05, 3.63) is 15.6 Å². The van der Waals surface area contributed by atoms with Crippen molar-refractivity contribution in [2.24, 2.45) is 0 Å². The summed E-state index contributed by atoms with van der Waals surface area (Å²) >= 11 is 1.85. The minimum atomic E-state index is 0.170. The highest BCUT2D eigenvalue weighted by molar-refractivity contribution is 7.11. The zero-order valence-electron chi connectivity index (χ0n) is 12.5. The lowest BCUT2D eigenvalue weighted by Crippen LogP contribution is -2.35. The molecule has 1 unspecified atom stereocenters. The van der Waals surface area contributed by atoms with Gasteiger partial charge >= 0.3 is 0 Å². The molecule has 1 aromatic heterocycles. The highest BCUT2D eigenvalue weighted by Gasteiger charge is 2.25. The summed E-state index contributed by atoms with van der Waals surface area (Å²) in [6.45, 7) is 6.02. The predicted molar refractivity (Wildman–Crippen MR) is 82.2 cm³/mol. The van der Waals surface area contributed by atoms with Crippen molar-refractivity contribution < 1.29 is 4.74 Å². The standard InChI is InChI=1S/C15H25N3OS/c1-3-4-12-14(9-16-11-5-6-11)20-15(17-12)13-10-18(2)7-8-19-13/h11,13,16H,3-10H2,1-2H3. The first-order chi connectivity index (χ1) is 9.76. The van der Waals surface area contributed by atoms with Crippen LogP contribution in [0.4, 0.5) is 0 Å². The Labute approximate surface area is 125 Å². The van der Waals surface area contributed by atoms with Crippen LogP contribution in [0.5, 0.6) is 0 Å². The molecule has 4 nitrogen and oxygen atoms in total. The average molecular weight is 295 g/mol. The molecule has 0 spiro atoms. The van der Waals surface area contributed by atoms with Crippen LogP contribution >= 0.6 is 11.3 Å². The summed E-state index contributed by atoms with van der Waals surface area (Å²) in [4.78, 5) is 8.64. The van der Waals surface area contributed by atoms with Gasteiger partial charge in [0.2, 0.25) is 0 Å². The maximum atomic E-state index is 5.90. The van der Waals surface area contributed by atoms with Crippen molar-refractivity contribution in [2.75, 3.05) is 26.7 Å². The minimum Gasteiger partial charge on any atom is -0.368 e. The van der Waals surface area contributed by atoms with Crippen molar-refractivity contribution in [3.63, 3.8) is 0 Å². The lowest BCUT2D eigenvalue weighted by Gasteiger charge is -2.28. The third-order valence-corrected chi connectivity index (χ3v) is 5.14. The molecule has 1 saturated carbocycles. The van der Waals surface area contributed by atoms with E-state index in [2.05, 4.69) is 24.2 Å². The number of rotatable bonds is 6. The van der Waals surface area contributed by atoms with Crippen LogP contribution in [-0.2, 0) is 17.7 Å². The SMILES string of the molecule is CCCc1nc(C2CN(C)CCO2)sc1CNC1CC1. The summed E-state index contributed by atoms with van der Waals surface area (Å²) in [5.74, 6) is 0. The third kappa shape index (κ3) is 3.58. The van der Waals surface area contributed by atoms with Crippen molar-refractivity contribution in [1.29, 1.82) is 0 Å². The molecule has 112 valence electrons. The highest BCUT2D eigenvalue weighted by atomic mass is 32.1. The van der Waals surface area contributed by atoms with Gasteiger partial charge in [-0.15, -0.1) is 11.3 Å². The molecule has 1 aliphatic carbocycles. The second-order valence-electron chi connectivity index (χ2n) is 5.95. The number of ether oxygens (including phenoxy) is 1. The molecule has 2 fully saturated rings. The average Bonchev–Trinajstić information content (AvgIpc) is 3.18. The Kier molecular flexibility index (Phi) is 4.71. The van der Waals surface area contributed by atoms with Gasteiger partial charge in [0.15, 0.2) is 0 Å². The van der Waals surface area contributed by atoms with Crippen molar-refractivity contribution in [3.8, 4) is 0 Å². The van der Waals surface area contributed by atoms with Gasteiger partial charge in [0.05, 0.1) is 12.3 Å². The van der Waals surface area contributed by atoms with Crippen LogP contribution < -0.4 is 5.32 Å². The maximum Gasteiger partial charge on any atom is 0.123 e. The molecule has 0 radical (unpaired) electrons. The summed E-state index contributed by atoms with van der Waals surface area (Å²) in [5, 5.41) is 4.79. The van der Waals surface area contributed by atoms with Gasteiger partial charge in [-0.25, -0.2) is 4.98 Å². The van der Waals surface area contributed by atoms with E-state index in [0.717, 1.165) is 45.1 Å². The summed E-state index contributed by atoms with van der Waals surface area (Å²) in [6.07, 6.45) is 5.09. The van der Waals surface area contributed by atoms with Crippen molar-refractivity contribution in [2.45, 2.75) is 51.3 Å². The zero-order chi connectivity index (χ0) is 13.9. The van der Waals surface area contributed by atoms with Crippen LogP contribution in [0.2, 0.25) is 0 Å². The Hall–Kier alpha value is -0.490. The monoisotopic (exact) mass is 295 g/mol. The van der Waals surface area contributed by atoms with Crippen LogP contribution in [0.15, 0.2) is 0 Å². The van der Waals surface area contributed by atoms with E-state index in [1.165, 1.54) is 28.4 Å². The van der Waals surface area contributed by atoms with E-state index >= 15 is 0 Å². The minimum absolute atomic E-state index is 0.170. The number of likely N-dealkylation sites (N-methyl/N-ethyl adjacent to an activating group) is 1. The van der Waals surface area contributed by atoms with E-state index in [0.29, 0.717) is 0 Å². The van der Waals surface area contributed by atoms with E-state index in [1.807, 2.05) is 11.3 Å². The van der Waals surface area contributed by atoms with E-state index in [1.54, 1.807) is 0 Å². The zero-order valence-corrected chi connectivity index (χ0v) is 13.3. The van der Waals surface area contributed by atoms with Gasteiger partial charge in [-0.3, -0.25) is 0 Å². The van der Waals surface area contributed by atoms with Gasteiger partial charge in [0.25, 0.3) is 0 Å². The molecule has 1 atom stereocenters. The van der Waals surface area contributed by atoms with Gasteiger partial charge in [0.1, 0.15) is 11.1 Å². The molecule has 0 bridgehead atoms. The molecular formula is C15H25N3OS. The smallest absolute Gasteiger partial charge is 0.123 e. The number of aryl methyl sites for hydroxylation is 1. The van der Waals surface area contributed by atoms with Crippen LogP contribution in [0, 0.1) is 0 Å². The van der Waals surface area contributed by atoms with Gasteiger partial charge < -0.3 is 15.0 Å². The fourth-order valence-corrected chi connectivity index (χ4v) is 3.67. The summed E-state index contributed by atoms with van der Waals surface area (Å²) < 4.78 is 5.90. The van der Waals surface area contributed by atoms with E-state index in [9.17, 15) is 0 Å². The molecule has 1 aromatic rings. The molecule has 0 aromatic carbocycles. The number of nitrogens with one attached hydrogen (secondary N) is 1. The number of aromatic nitrogens is 1. The molecule has 5 heteroatoms. The topological polar surface area (TPSA) is 37.4 Å². The number of hydrogen-bond donors (Lipinski definition) is 1. The first kappa shape index (κ1) is 14.4. The third-order valence-electron chi connectivity index (χ3n) is 3.96. The Morgan fingerprint density at radius 2 is 2.30 bits per heavy atom. The molecule has 0 amide bonds. The predicted octanol–water partition coefficient (Wildman–Crippen LogP) is 2.35. The van der Waals surface area contributed by atoms with E-state index in [-0.39, 0.29) is 6.10 Å². The quantitative estimate of drug-likeness (QED) is 0.874. The van der Waals surface area contributed by atoms with Gasteiger partial charge in [-0.05, 0) is 26.3 Å². The highest BCUT2D eigenvalue weighted by Crippen LogP contribution is 2.30. The normalized spacial score (nSPS) is 24.2. The van der Waals surface area contributed by atoms with Gasteiger partial charge in [-0.1, -0.05) is 13.3 Å². The van der Waals surface area contributed by atoms with Crippen LogP contribution in [-0.4, -0.2) is 42.7 Å². The Balaban J connectivity index is 1.70. The first-order valence-corrected chi connectivity index (χ1v) is 8.60. The number of hydrogen-bond acceptors (Lipinski definition) is 5. The number of nitrogens with zero attached hydrogens (tertiary/aromatic N) is 2. The molecule has 2 heterocycles. The Morgan fingerprint density at radius 3 is 3.00 bits per heavy atom. The number of thiazole rings is 1. The Morgan fingerprint density at radius 1 is 1.45 bits per heavy atom. The molecular weight excluding hydrogens is 270 g/mol. The number of morpholine rings is 1. The molecule has 20 heavy (non-hydrogen) atoms. The summed E-state index contributed by atoms with van der Waals surface area (Å²) in [5.41, 5.74) is 1.29. The molecule has 3 rings (SSSR count). The molecule has 1 N–H and O–H groups in total. The molecule has 1 saturated heterocycles. The van der Waals surface area contributed by atoms with E-state index < -0.39 is 0 Å². The first-order valence-electron chi connectivity index (χ1n) is 7.78. The summed E-state index contributed by atoms with van der Waals surface area (Å²) in [7, 11) is 2.16. The molecule has 2 aliphatic rings. The fraction of sp³-hybridized carbons (Fsp3) is 0.800. The maximum absolute atomic E-state index is 5.90. The van der Waals surface area contributed by atoms with E-state index in [4.69, 9.17) is 9.72 Å². The van der Waals surface area contributed by atoms with Crippen LogP contribution in [0.1, 0.15) is 47.9 Å². The lowest BCUT2D eigenvalue weighted by atomic mass is 10.2. The van der Waals surface area contributed by atoms with Gasteiger partial charge in [-0.2, -0.15) is 0 Å². The van der Waals surface area contributed by atoms with Crippen LogP contribution in [0.25, 0.3) is 0 Å². The van der Waals surface area contributed by atoms with Gasteiger partial charge in [0, 0.05) is 30.6 Å². The van der Waals surface area contributed by atoms with Crippen molar-refractivity contribution >= 4 is 11.3 Å². The Bertz CT molecular complexity index is 444. The fourth-order valence-electron chi connectivity index (χ4n) is 2.56. The van der Waals surface area contributed by atoms with Crippen molar-refractivity contribution in [1.82, 2.24) is 15.2 Å². The second-order valence-corrected chi connectivity index (χ2v) is 7.06. The largest absolute Gasteiger partial charge is 0.368 e. The lowest BCUT2D eigenvalue weighted by molar-refractivity contribution is -0.0210. The van der Waals surface area contributed by atoms with Crippen LogP contribution in [0.3, 0.4) is 0 Å². The molecule has 1 aliphatic heterocycles. The second kappa shape index (κ2) is 6.52. The summed E-state index contributed by atoms with van der Waals surface area (Å²) in [6, 6.07) is 0.757.